The van der Waals surface area contributed by atoms with E-state index in [-0.39, 0.29) is 19.1 Å². The van der Waals surface area contributed by atoms with E-state index in [2.05, 4.69) is 5.32 Å². The lowest BCUT2D eigenvalue weighted by atomic mass is 10.2. The molecule has 0 heterocycles. The molecule has 0 saturated heterocycles. The number of carboxylic acids is 1. The van der Waals surface area contributed by atoms with E-state index in [0.29, 0.717) is 13.0 Å². The monoisotopic (exact) mass is 191 g/mol. The van der Waals surface area contributed by atoms with Crippen LogP contribution in [0, 0.1) is 0 Å². The van der Waals surface area contributed by atoms with Crippen LogP contribution in [0.5, 0.6) is 0 Å². The van der Waals surface area contributed by atoms with Gasteiger partial charge in [-0.2, -0.15) is 0 Å². The van der Waals surface area contributed by atoms with Gasteiger partial charge in [-0.15, -0.1) is 0 Å². The minimum Gasteiger partial charge on any atom is -0.481 e. The smallest absolute Gasteiger partial charge is 0.306 e. The molecule has 0 aliphatic carbocycles. The zero-order valence-electron chi connectivity index (χ0n) is 7.73. The van der Waals surface area contributed by atoms with E-state index in [4.69, 9.17) is 15.3 Å². The minimum atomic E-state index is -1.01. The van der Waals surface area contributed by atoms with Gasteiger partial charge in [0, 0.05) is 6.54 Å². The first-order valence-electron chi connectivity index (χ1n) is 4.31. The summed E-state index contributed by atoms with van der Waals surface area (Å²) in [6.07, 6.45) is -0.878. The normalized spacial score (nSPS) is 15.3. The highest BCUT2D eigenvalue weighted by Gasteiger charge is 2.08. The van der Waals surface area contributed by atoms with Crippen molar-refractivity contribution in [2.75, 3.05) is 13.1 Å². The number of carboxylic acid groups (broad SMARTS) is 1. The molecule has 0 fully saturated rings. The van der Waals surface area contributed by atoms with Gasteiger partial charge in [0.05, 0.1) is 18.6 Å². The molecule has 0 spiro atoms. The van der Waals surface area contributed by atoms with Gasteiger partial charge >= 0.3 is 5.97 Å². The van der Waals surface area contributed by atoms with Gasteiger partial charge in [0.25, 0.3) is 0 Å². The summed E-state index contributed by atoms with van der Waals surface area (Å²) in [7, 11) is 0. The molecule has 0 saturated carbocycles. The van der Waals surface area contributed by atoms with Gasteiger partial charge in [-0.25, -0.2) is 0 Å². The molecule has 5 nitrogen and oxygen atoms in total. The summed E-state index contributed by atoms with van der Waals surface area (Å²) in [5.41, 5.74) is 0. The molecule has 0 aliphatic heterocycles. The predicted molar refractivity (Wildman–Crippen MR) is 47.4 cm³/mol. The molecule has 0 bridgehead atoms. The molecule has 0 aromatic carbocycles. The molecule has 0 aliphatic rings. The first kappa shape index (κ1) is 12.3. The fraction of sp³-hybridized carbons (Fsp3) is 0.875. The fourth-order valence-electron chi connectivity index (χ4n) is 0.853. The van der Waals surface area contributed by atoms with Gasteiger partial charge in [-0.05, 0) is 19.9 Å². The van der Waals surface area contributed by atoms with Crippen molar-refractivity contribution in [3.8, 4) is 0 Å². The fourth-order valence-corrected chi connectivity index (χ4v) is 0.853. The molecule has 0 amide bonds. The Morgan fingerprint density at radius 3 is 2.54 bits per heavy atom. The van der Waals surface area contributed by atoms with Crippen LogP contribution in [0.25, 0.3) is 0 Å². The molecule has 4 N–H and O–H groups in total. The Bertz CT molecular complexity index is 149. The van der Waals surface area contributed by atoms with E-state index in [1.165, 1.54) is 0 Å². The Hall–Kier alpha value is -0.650. The molecule has 0 aromatic heterocycles. The number of hydrogen-bond donors (Lipinski definition) is 4. The van der Waals surface area contributed by atoms with E-state index < -0.39 is 12.1 Å². The van der Waals surface area contributed by atoms with Crippen LogP contribution < -0.4 is 5.32 Å². The molecular formula is C8H17NO4. The maximum atomic E-state index is 10.1. The van der Waals surface area contributed by atoms with Crippen LogP contribution in [0.15, 0.2) is 0 Å². The van der Waals surface area contributed by atoms with Crippen LogP contribution in [-0.4, -0.2) is 46.6 Å². The maximum absolute atomic E-state index is 10.1. The third-order valence-electron chi connectivity index (χ3n) is 1.53. The lowest BCUT2D eigenvalue weighted by Crippen LogP contribution is -2.30. The number of aliphatic hydroxyl groups is 2. The van der Waals surface area contributed by atoms with E-state index in [1.807, 2.05) is 0 Å². The standard InChI is InChI=1S/C8H17NO4/c1-6(10)2-3-9-5-7(11)4-8(12)13/h6-7,9-11H,2-5H2,1H3,(H,12,13). The second-order valence-corrected chi connectivity index (χ2v) is 3.09. The summed E-state index contributed by atoms with van der Waals surface area (Å²) in [4.78, 5) is 10.1. The van der Waals surface area contributed by atoms with Crippen molar-refractivity contribution in [3.05, 3.63) is 0 Å². The van der Waals surface area contributed by atoms with Crippen molar-refractivity contribution in [3.63, 3.8) is 0 Å². The molecule has 0 aromatic rings. The number of aliphatic carboxylic acids is 1. The molecular weight excluding hydrogens is 174 g/mol. The van der Waals surface area contributed by atoms with Crippen molar-refractivity contribution < 1.29 is 20.1 Å². The van der Waals surface area contributed by atoms with Crippen LogP contribution in [0.3, 0.4) is 0 Å². The van der Waals surface area contributed by atoms with Crippen molar-refractivity contribution in [1.29, 1.82) is 0 Å². The first-order valence-corrected chi connectivity index (χ1v) is 4.31. The first-order chi connectivity index (χ1) is 6.02. The summed E-state index contributed by atoms with van der Waals surface area (Å²) >= 11 is 0. The Balaban J connectivity index is 3.26. The largest absolute Gasteiger partial charge is 0.481 e. The van der Waals surface area contributed by atoms with Crippen molar-refractivity contribution in [1.82, 2.24) is 5.32 Å². The van der Waals surface area contributed by atoms with E-state index in [0.717, 1.165) is 0 Å². The second kappa shape index (κ2) is 6.82. The van der Waals surface area contributed by atoms with Gasteiger partial charge in [0.15, 0.2) is 0 Å². The van der Waals surface area contributed by atoms with Crippen LogP contribution in [-0.2, 0) is 4.79 Å². The average molecular weight is 191 g/mol. The van der Waals surface area contributed by atoms with Gasteiger partial charge in [0.2, 0.25) is 0 Å². The molecule has 2 unspecified atom stereocenters. The summed E-state index contributed by atoms with van der Waals surface area (Å²) in [6.45, 7) is 2.50. The molecule has 2 atom stereocenters. The summed E-state index contributed by atoms with van der Waals surface area (Å²) in [5.74, 6) is -1.01. The SMILES string of the molecule is CC(O)CCNCC(O)CC(=O)O. The summed E-state index contributed by atoms with van der Waals surface area (Å²) < 4.78 is 0. The third-order valence-corrected chi connectivity index (χ3v) is 1.53. The quantitative estimate of drug-likeness (QED) is 0.395. The highest BCUT2D eigenvalue weighted by Crippen LogP contribution is 1.90. The zero-order valence-corrected chi connectivity index (χ0v) is 7.73. The predicted octanol–water partition coefficient (Wildman–Crippen LogP) is -0.817. The highest BCUT2D eigenvalue weighted by atomic mass is 16.4. The van der Waals surface area contributed by atoms with Crippen molar-refractivity contribution >= 4 is 5.97 Å². The highest BCUT2D eigenvalue weighted by molar-refractivity contribution is 5.67. The Kier molecular flexibility index (Phi) is 6.48. The Morgan fingerprint density at radius 1 is 1.46 bits per heavy atom. The van der Waals surface area contributed by atoms with Crippen molar-refractivity contribution in [2.45, 2.75) is 32.0 Å². The van der Waals surface area contributed by atoms with Gasteiger partial charge in [-0.3, -0.25) is 4.79 Å². The number of rotatable bonds is 7. The second-order valence-electron chi connectivity index (χ2n) is 3.09. The van der Waals surface area contributed by atoms with E-state index in [1.54, 1.807) is 6.92 Å². The van der Waals surface area contributed by atoms with E-state index in [9.17, 15) is 4.79 Å². The lowest BCUT2D eigenvalue weighted by molar-refractivity contribution is -0.139. The summed E-state index contributed by atoms with van der Waals surface area (Å²) in [5, 5.41) is 29.1. The topological polar surface area (TPSA) is 89.8 Å². The average Bonchev–Trinajstić information content (AvgIpc) is 1.96. The molecule has 78 valence electrons. The zero-order chi connectivity index (χ0) is 10.3. The van der Waals surface area contributed by atoms with Crippen molar-refractivity contribution in [2.24, 2.45) is 0 Å². The van der Waals surface area contributed by atoms with Crippen LogP contribution in [0.1, 0.15) is 19.8 Å². The van der Waals surface area contributed by atoms with Crippen LogP contribution >= 0.6 is 0 Å². The number of aliphatic hydroxyl groups excluding tert-OH is 2. The Morgan fingerprint density at radius 2 is 2.08 bits per heavy atom. The van der Waals surface area contributed by atoms with E-state index >= 15 is 0 Å². The lowest BCUT2D eigenvalue weighted by Gasteiger charge is -2.10. The molecule has 5 heteroatoms. The van der Waals surface area contributed by atoms with Gasteiger partial charge < -0.3 is 20.6 Å². The molecule has 0 radical (unpaired) electrons. The van der Waals surface area contributed by atoms with Gasteiger partial charge in [-0.1, -0.05) is 0 Å². The minimum absolute atomic E-state index is 0.248. The van der Waals surface area contributed by atoms with Crippen LogP contribution in [0.2, 0.25) is 0 Å². The van der Waals surface area contributed by atoms with Gasteiger partial charge in [0.1, 0.15) is 0 Å². The maximum Gasteiger partial charge on any atom is 0.306 e. The number of nitrogens with one attached hydrogen (secondary N) is 1. The third kappa shape index (κ3) is 9.26. The summed E-state index contributed by atoms with van der Waals surface area (Å²) in [6, 6.07) is 0. The Labute approximate surface area is 77.4 Å². The number of hydrogen-bond acceptors (Lipinski definition) is 4. The van der Waals surface area contributed by atoms with Crippen LogP contribution in [0.4, 0.5) is 0 Å². The number of carbonyl (C=O) groups is 1. The molecule has 13 heavy (non-hydrogen) atoms. The molecule has 0 rings (SSSR count).